The van der Waals surface area contributed by atoms with Gasteiger partial charge in [-0.2, -0.15) is 0 Å². The van der Waals surface area contributed by atoms with Crippen LogP contribution in [0.15, 0.2) is 67.1 Å². The van der Waals surface area contributed by atoms with Crippen molar-refractivity contribution in [3.63, 3.8) is 0 Å². The van der Waals surface area contributed by atoms with Gasteiger partial charge >= 0.3 is 6.09 Å². The summed E-state index contributed by atoms with van der Waals surface area (Å²) in [6.45, 7) is 8.52. The Morgan fingerprint density at radius 1 is 0.978 bits per heavy atom. The van der Waals surface area contributed by atoms with E-state index in [1.807, 2.05) is 55.7 Å². The van der Waals surface area contributed by atoms with E-state index in [2.05, 4.69) is 35.5 Å². The van der Waals surface area contributed by atoms with Gasteiger partial charge in [-0.1, -0.05) is 30.3 Å². The van der Waals surface area contributed by atoms with Gasteiger partial charge in [0.25, 0.3) is 0 Å². The second-order valence-corrected chi connectivity index (χ2v) is 12.3. The summed E-state index contributed by atoms with van der Waals surface area (Å²) < 4.78 is 37.3. The first-order valence-electron chi connectivity index (χ1n) is 15.3. The molecule has 3 atom stereocenters. The third-order valence-corrected chi connectivity index (χ3v) is 8.73. The molecule has 0 spiro atoms. The number of fused-ring (bicyclic) bond motifs is 2. The summed E-state index contributed by atoms with van der Waals surface area (Å²) in [6.07, 6.45) is 4.22. The van der Waals surface area contributed by atoms with Crippen LogP contribution in [-0.2, 0) is 17.9 Å². The summed E-state index contributed by atoms with van der Waals surface area (Å²) in [5.41, 5.74) is 3.36. The van der Waals surface area contributed by atoms with Crippen LogP contribution in [0.2, 0.25) is 0 Å². The normalized spacial score (nSPS) is 19.0. The number of imidazole rings is 1. The molecule has 10 nitrogen and oxygen atoms in total. The quantitative estimate of drug-likeness (QED) is 0.201. The standard InChI is InChI=1S/C34H34F2N8O2/c1-19(2)44-20(3)40-32-27(35)9-23(10-29(32)44)24-11-30(37-14-28(24)36)41-33-38-12-22(13-39-33)15-43-16-25-26(17-43)31(25)42-34(45)46-18-21-7-5-4-6-8-21/h4-14,19,25-26,31H,15-18H2,1-3H3,(H,42,45)(H,37,38,39,41)/t25-,26+,31?. The van der Waals surface area contributed by atoms with E-state index in [-0.39, 0.29) is 35.9 Å². The molecule has 1 saturated heterocycles. The van der Waals surface area contributed by atoms with E-state index < -0.39 is 11.6 Å². The second-order valence-electron chi connectivity index (χ2n) is 12.3. The molecule has 2 fully saturated rings. The Labute approximate surface area is 264 Å². The Balaban J connectivity index is 0.946. The first-order chi connectivity index (χ1) is 22.2. The monoisotopic (exact) mass is 624 g/mol. The van der Waals surface area contributed by atoms with Crippen LogP contribution < -0.4 is 10.6 Å². The number of hydrogen-bond donors (Lipinski definition) is 2. The molecule has 46 heavy (non-hydrogen) atoms. The Bertz CT molecular complexity index is 1890. The summed E-state index contributed by atoms with van der Waals surface area (Å²) in [5, 5.41) is 6.03. The number of carbonyl (C=O) groups is 1. The van der Waals surface area contributed by atoms with E-state index in [4.69, 9.17) is 4.74 Å². The Morgan fingerprint density at radius 3 is 2.43 bits per heavy atom. The molecule has 12 heteroatoms. The molecule has 0 radical (unpaired) electrons. The van der Waals surface area contributed by atoms with E-state index in [9.17, 15) is 9.18 Å². The lowest BCUT2D eigenvalue weighted by Crippen LogP contribution is -2.34. The smallest absolute Gasteiger partial charge is 0.407 e. The number of ether oxygens (including phenoxy) is 1. The highest BCUT2D eigenvalue weighted by atomic mass is 19.1. The number of pyridine rings is 1. The fraction of sp³-hybridized carbons (Fsp3) is 0.324. The SMILES string of the molecule is Cc1nc2c(F)cc(-c3cc(Nc4ncc(CN5C[C@@H]6C(NC(=O)OCc7ccccc7)[C@@H]6C5)cn4)ncc3F)cc2n1C(C)C. The molecule has 1 unspecified atom stereocenters. The maximum atomic E-state index is 15.1. The zero-order chi connectivity index (χ0) is 31.9. The average molecular weight is 625 g/mol. The molecule has 1 saturated carbocycles. The number of aromatic nitrogens is 5. The van der Waals surface area contributed by atoms with Crippen molar-refractivity contribution in [2.75, 3.05) is 18.4 Å². The molecular weight excluding hydrogens is 590 g/mol. The van der Waals surface area contributed by atoms with Gasteiger partial charge in [-0.05, 0) is 61.9 Å². The van der Waals surface area contributed by atoms with Gasteiger partial charge in [-0.3, -0.25) is 4.90 Å². The van der Waals surface area contributed by atoms with Crippen molar-refractivity contribution in [2.24, 2.45) is 11.8 Å². The third-order valence-electron chi connectivity index (χ3n) is 8.73. The van der Waals surface area contributed by atoms with E-state index in [1.165, 1.54) is 12.1 Å². The van der Waals surface area contributed by atoms with Crippen LogP contribution in [0.4, 0.5) is 25.3 Å². The topological polar surface area (TPSA) is 110 Å². The van der Waals surface area contributed by atoms with Crippen molar-refractivity contribution in [3.8, 4) is 11.1 Å². The molecule has 4 heterocycles. The zero-order valence-electron chi connectivity index (χ0n) is 25.7. The molecule has 1 amide bonds. The summed E-state index contributed by atoms with van der Waals surface area (Å²) in [6, 6.07) is 14.4. The van der Waals surface area contributed by atoms with Crippen LogP contribution in [0.5, 0.6) is 0 Å². The molecule has 0 bridgehead atoms. The minimum absolute atomic E-state index is 0.0607. The Hall–Kier alpha value is -4.97. The first kappa shape index (κ1) is 29.7. The molecule has 5 aromatic rings. The van der Waals surface area contributed by atoms with Gasteiger partial charge in [0.05, 0.1) is 11.7 Å². The summed E-state index contributed by atoms with van der Waals surface area (Å²) in [4.78, 5) is 31.9. The maximum Gasteiger partial charge on any atom is 0.407 e. The van der Waals surface area contributed by atoms with Crippen LogP contribution in [0, 0.1) is 30.4 Å². The molecule has 1 aliphatic carbocycles. The second kappa shape index (κ2) is 12.1. The van der Waals surface area contributed by atoms with E-state index >= 15 is 4.39 Å². The highest BCUT2D eigenvalue weighted by molar-refractivity contribution is 5.84. The molecule has 1 aliphatic heterocycles. The predicted octanol–water partition coefficient (Wildman–Crippen LogP) is 6.16. The van der Waals surface area contributed by atoms with Crippen molar-refractivity contribution in [1.82, 2.24) is 34.7 Å². The fourth-order valence-electron chi connectivity index (χ4n) is 6.54. The van der Waals surface area contributed by atoms with E-state index in [1.54, 1.807) is 18.5 Å². The largest absolute Gasteiger partial charge is 0.445 e. The zero-order valence-corrected chi connectivity index (χ0v) is 25.7. The molecule has 7 rings (SSSR count). The van der Waals surface area contributed by atoms with Crippen LogP contribution >= 0.6 is 0 Å². The maximum absolute atomic E-state index is 15.1. The first-order valence-corrected chi connectivity index (χ1v) is 15.3. The lowest BCUT2D eigenvalue weighted by Gasteiger charge is -2.19. The number of carbonyl (C=O) groups excluding carboxylic acids is 1. The average Bonchev–Trinajstić information content (AvgIpc) is 3.33. The van der Waals surface area contributed by atoms with Crippen molar-refractivity contribution in [1.29, 1.82) is 0 Å². The fourth-order valence-corrected chi connectivity index (χ4v) is 6.54. The van der Waals surface area contributed by atoms with Crippen molar-refractivity contribution >= 4 is 28.9 Å². The van der Waals surface area contributed by atoms with Gasteiger partial charge in [0.1, 0.15) is 29.6 Å². The number of nitrogens with zero attached hydrogens (tertiary/aromatic N) is 6. The van der Waals surface area contributed by atoms with Crippen LogP contribution in [0.25, 0.3) is 22.2 Å². The number of benzene rings is 2. The van der Waals surface area contributed by atoms with Gasteiger partial charge in [-0.25, -0.2) is 33.5 Å². The number of aryl methyl sites for hydroxylation is 1. The number of anilines is 2. The lowest BCUT2D eigenvalue weighted by atomic mass is 10.0. The summed E-state index contributed by atoms with van der Waals surface area (Å²) in [5.74, 6) is 1.08. The van der Waals surface area contributed by atoms with Crippen molar-refractivity contribution in [2.45, 2.75) is 46.0 Å². The third kappa shape index (κ3) is 6.00. The predicted molar refractivity (Wildman–Crippen MR) is 169 cm³/mol. The minimum atomic E-state index is -0.571. The summed E-state index contributed by atoms with van der Waals surface area (Å²) in [7, 11) is 0. The number of nitrogens with one attached hydrogen (secondary N) is 2. The van der Waals surface area contributed by atoms with Crippen LogP contribution in [-0.4, -0.2) is 54.6 Å². The summed E-state index contributed by atoms with van der Waals surface area (Å²) >= 11 is 0. The van der Waals surface area contributed by atoms with Gasteiger partial charge in [-0.15, -0.1) is 0 Å². The number of piperidine rings is 1. The molecule has 236 valence electrons. The number of likely N-dealkylation sites (tertiary alicyclic amines) is 1. The molecule has 2 N–H and O–H groups in total. The van der Waals surface area contributed by atoms with Crippen LogP contribution in [0.1, 0.15) is 36.8 Å². The van der Waals surface area contributed by atoms with E-state index in [0.717, 1.165) is 30.4 Å². The minimum Gasteiger partial charge on any atom is -0.445 e. The molecule has 3 aromatic heterocycles. The van der Waals surface area contributed by atoms with E-state index in [0.29, 0.717) is 47.1 Å². The highest BCUT2D eigenvalue weighted by Crippen LogP contribution is 2.46. The Morgan fingerprint density at radius 2 is 1.72 bits per heavy atom. The van der Waals surface area contributed by atoms with Gasteiger partial charge < -0.3 is 19.9 Å². The van der Waals surface area contributed by atoms with Gasteiger partial charge in [0.15, 0.2) is 5.82 Å². The van der Waals surface area contributed by atoms with Gasteiger partial charge in [0, 0.05) is 55.2 Å². The van der Waals surface area contributed by atoms with Crippen molar-refractivity contribution in [3.05, 3.63) is 95.7 Å². The Kier molecular flexibility index (Phi) is 7.81. The lowest BCUT2D eigenvalue weighted by molar-refractivity contribution is 0.136. The molecule has 2 aliphatic rings. The number of rotatable bonds is 9. The van der Waals surface area contributed by atoms with Crippen LogP contribution in [0.3, 0.4) is 0 Å². The number of alkyl carbamates (subject to hydrolysis) is 1. The van der Waals surface area contributed by atoms with Gasteiger partial charge in [0.2, 0.25) is 5.95 Å². The molecule has 2 aromatic carbocycles. The number of amides is 1. The number of hydrogen-bond acceptors (Lipinski definition) is 8. The molecular formula is C34H34F2N8O2. The number of halogens is 2. The van der Waals surface area contributed by atoms with Crippen molar-refractivity contribution < 1.29 is 18.3 Å². The highest BCUT2D eigenvalue weighted by Gasteiger charge is 2.56.